The first-order valence-electron chi connectivity index (χ1n) is 7.54. The van der Waals surface area contributed by atoms with Crippen molar-refractivity contribution in [1.82, 2.24) is 5.32 Å². The average Bonchev–Trinajstić information content (AvgIpc) is 2.54. The van der Waals surface area contributed by atoms with E-state index < -0.39 is 17.7 Å². The standard InChI is InChI=1S/C17H24N2O4/c1-11(2)12(3)18-17(22)16(21)13(4)19(10-20)14-8-6-7-9-15(14)23-5/h6-13H,1-5H3,(H,18,22)/t12-,13?/m0/s1. The van der Waals surface area contributed by atoms with Crippen molar-refractivity contribution < 1.29 is 19.1 Å². The molecule has 0 saturated heterocycles. The second-order valence-electron chi connectivity index (χ2n) is 5.73. The molecular weight excluding hydrogens is 296 g/mol. The molecule has 0 fully saturated rings. The Labute approximate surface area is 136 Å². The smallest absolute Gasteiger partial charge is 0.289 e. The van der Waals surface area contributed by atoms with E-state index in [1.54, 1.807) is 24.3 Å². The summed E-state index contributed by atoms with van der Waals surface area (Å²) in [6, 6.07) is 5.77. The number of methoxy groups -OCH3 is 1. The van der Waals surface area contributed by atoms with Crippen molar-refractivity contribution in [3.05, 3.63) is 24.3 Å². The molecule has 2 atom stereocenters. The maximum atomic E-state index is 12.3. The van der Waals surface area contributed by atoms with Gasteiger partial charge in [-0.05, 0) is 31.9 Å². The fourth-order valence-corrected chi connectivity index (χ4v) is 1.96. The zero-order valence-corrected chi connectivity index (χ0v) is 14.2. The van der Waals surface area contributed by atoms with E-state index in [0.717, 1.165) is 0 Å². The van der Waals surface area contributed by atoms with Gasteiger partial charge in [-0.15, -0.1) is 0 Å². The molecule has 1 N–H and O–H groups in total. The van der Waals surface area contributed by atoms with Crippen molar-refractivity contribution in [2.75, 3.05) is 12.0 Å². The van der Waals surface area contributed by atoms with Crippen LogP contribution in [0.1, 0.15) is 27.7 Å². The molecule has 0 bridgehead atoms. The quantitative estimate of drug-likeness (QED) is 0.585. The predicted octanol–water partition coefficient (Wildman–Crippen LogP) is 1.78. The second kappa shape index (κ2) is 8.31. The summed E-state index contributed by atoms with van der Waals surface area (Å²) < 4.78 is 5.20. The molecule has 0 aliphatic heterocycles. The van der Waals surface area contributed by atoms with E-state index in [0.29, 0.717) is 17.8 Å². The highest BCUT2D eigenvalue weighted by Crippen LogP contribution is 2.28. The van der Waals surface area contributed by atoms with Gasteiger partial charge in [-0.1, -0.05) is 26.0 Å². The molecule has 0 spiro atoms. The van der Waals surface area contributed by atoms with Crippen LogP contribution in [0.3, 0.4) is 0 Å². The third-order valence-corrected chi connectivity index (χ3v) is 3.86. The molecule has 0 radical (unpaired) electrons. The molecule has 0 aliphatic rings. The third-order valence-electron chi connectivity index (χ3n) is 3.86. The summed E-state index contributed by atoms with van der Waals surface area (Å²) in [7, 11) is 1.48. The van der Waals surface area contributed by atoms with Crippen LogP contribution in [0.4, 0.5) is 5.69 Å². The highest BCUT2D eigenvalue weighted by atomic mass is 16.5. The lowest BCUT2D eigenvalue weighted by Gasteiger charge is -2.26. The van der Waals surface area contributed by atoms with Crippen molar-refractivity contribution in [1.29, 1.82) is 0 Å². The van der Waals surface area contributed by atoms with Crippen LogP contribution in [0.2, 0.25) is 0 Å². The van der Waals surface area contributed by atoms with Gasteiger partial charge in [0.25, 0.3) is 5.91 Å². The summed E-state index contributed by atoms with van der Waals surface area (Å²) in [5, 5.41) is 2.66. The molecule has 23 heavy (non-hydrogen) atoms. The van der Waals surface area contributed by atoms with Crippen LogP contribution in [-0.4, -0.2) is 37.3 Å². The van der Waals surface area contributed by atoms with E-state index >= 15 is 0 Å². The number of amides is 2. The molecule has 0 aromatic heterocycles. The number of nitrogens with zero attached hydrogens (tertiary/aromatic N) is 1. The zero-order chi connectivity index (χ0) is 17.6. The Bertz CT molecular complexity index is 571. The maximum absolute atomic E-state index is 12.3. The SMILES string of the molecule is COc1ccccc1N(C=O)C(C)C(=O)C(=O)N[C@@H](C)C(C)C. The van der Waals surface area contributed by atoms with Crippen molar-refractivity contribution >= 4 is 23.8 Å². The van der Waals surface area contributed by atoms with E-state index in [2.05, 4.69) is 5.32 Å². The minimum Gasteiger partial charge on any atom is -0.495 e. The fourth-order valence-electron chi connectivity index (χ4n) is 1.96. The van der Waals surface area contributed by atoms with E-state index in [9.17, 15) is 14.4 Å². The normalized spacial score (nSPS) is 13.1. The highest BCUT2D eigenvalue weighted by Gasteiger charge is 2.29. The fraction of sp³-hybridized carbons (Fsp3) is 0.471. The van der Waals surface area contributed by atoms with Gasteiger partial charge >= 0.3 is 0 Å². The van der Waals surface area contributed by atoms with Gasteiger partial charge in [0.15, 0.2) is 0 Å². The molecule has 0 aliphatic carbocycles. The number of hydrogen-bond acceptors (Lipinski definition) is 4. The number of carbonyl (C=O) groups excluding carboxylic acids is 3. The Morgan fingerprint density at radius 2 is 1.78 bits per heavy atom. The molecule has 2 amide bonds. The van der Waals surface area contributed by atoms with Gasteiger partial charge in [0.05, 0.1) is 12.8 Å². The van der Waals surface area contributed by atoms with Crippen LogP contribution < -0.4 is 15.0 Å². The maximum Gasteiger partial charge on any atom is 0.289 e. The predicted molar refractivity (Wildman–Crippen MR) is 88.4 cm³/mol. The van der Waals surface area contributed by atoms with Crippen LogP contribution in [0.25, 0.3) is 0 Å². The molecule has 1 aromatic carbocycles. The number of rotatable bonds is 8. The van der Waals surface area contributed by atoms with E-state index in [-0.39, 0.29) is 12.0 Å². The number of ether oxygens (including phenoxy) is 1. The molecule has 0 saturated carbocycles. The molecule has 1 aromatic rings. The first kappa shape index (κ1) is 18.7. The third kappa shape index (κ3) is 4.55. The molecular formula is C17H24N2O4. The largest absolute Gasteiger partial charge is 0.495 e. The number of ketones is 1. The topological polar surface area (TPSA) is 75.7 Å². The molecule has 6 heteroatoms. The molecule has 126 valence electrons. The monoisotopic (exact) mass is 320 g/mol. The first-order chi connectivity index (χ1) is 10.8. The molecule has 0 heterocycles. The Hall–Kier alpha value is -2.37. The molecule has 6 nitrogen and oxygen atoms in total. The van der Waals surface area contributed by atoms with Gasteiger partial charge in [-0.25, -0.2) is 0 Å². The summed E-state index contributed by atoms with van der Waals surface area (Å²) in [5.74, 6) is -0.704. The number of para-hydroxylation sites is 2. The summed E-state index contributed by atoms with van der Waals surface area (Å²) in [6.45, 7) is 7.25. The van der Waals surface area contributed by atoms with Crippen molar-refractivity contribution in [3.63, 3.8) is 0 Å². The van der Waals surface area contributed by atoms with Crippen LogP contribution >= 0.6 is 0 Å². The van der Waals surface area contributed by atoms with Crippen LogP contribution in [0.5, 0.6) is 5.75 Å². The summed E-state index contributed by atoms with van der Waals surface area (Å²) in [4.78, 5) is 37.0. The van der Waals surface area contributed by atoms with Crippen molar-refractivity contribution in [3.8, 4) is 5.75 Å². The lowest BCUT2D eigenvalue weighted by Crippen LogP contribution is -2.48. The van der Waals surface area contributed by atoms with Crippen LogP contribution in [0.15, 0.2) is 24.3 Å². The lowest BCUT2D eigenvalue weighted by molar-refractivity contribution is -0.139. The summed E-state index contributed by atoms with van der Waals surface area (Å²) >= 11 is 0. The molecule has 1 unspecified atom stereocenters. The van der Waals surface area contributed by atoms with Crippen LogP contribution in [0, 0.1) is 5.92 Å². The molecule has 1 rings (SSSR count). The number of Topliss-reactive ketones (excluding diaryl/α,β-unsaturated/α-hetero) is 1. The van der Waals surface area contributed by atoms with Crippen LogP contribution in [-0.2, 0) is 14.4 Å². The summed E-state index contributed by atoms with van der Waals surface area (Å²) in [6.07, 6.45) is 0.527. The van der Waals surface area contributed by atoms with E-state index in [1.165, 1.54) is 18.9 Å². The lowest BCUT2D eigenvalue weighted by atomic mass is 10.1. The highest BCUT2D eigenvalue weighted by molar-refractivity contribution is 6.39. The van der Waals surface area contributed by atoms with Gasteiger partial charge < -0.3 is 15.0 Å². The number of carbonyl (C=O) groups is 3. The van der Waals surface area contributed by atoms with Gasteiger partial charge in [0.1, 0.15) is 11.8 Å². The Balaban J connectivity index is 2.96. The van der Waals surface area contributed by atoms with Gasteiger partial charge in [-0.3, -0.25) is 14.4 Å². The number of benzene rings is 1. The minimum absolute atomic E-state index is 0.130. The Morgan fingerprint density at radius 3 is 2.30 bits per heavy atom. The number of nitrogens with one attached hydrogen (secondary N) is 1. The number of anilines is 1. The van der Waals surface area contributed by atoms with Crippen molar-refractivity contribution in [2.45, 2.75) is 39.8 Å². The van der Waals surface area contributed by atoms with Crippen molar-refractivity contribution in [2.24, 2.45) is 5.92 Å². The van der Waals surface area contributed by atoms with Gasteiger partial charge in [-0.2, -0.15) is 0 Å². The van der Waals surface area contributed by atoms with Gasteiger partial charge in [0, 0.05) is 6.04 Å². The van der Waals surface area contributed by atoms with E-state index in [4.69, 9.17) is 4.74 Å². The first-order valence-corrected chi connectivity index (χ1v) is 7.54. The zero-order valence-electron chi connectivity index (χ0n) is 14.2. The van der Waals surface area contributed by atoms with Gasteiger partial charge in [0.2, 0.25) is 12.2 Å². The average molecular weight is 320 g/mol. The Morgan fingerprint density at radius 1 is 1.17 bits per heavy atom. The number of hydrogen-bond donors (Lipinski definition) is 1. The Kier molecular flexibility index (Phi) is 6.75. The van der Waals surface area contributed by atoms with E-state index in [1.807, 2.05) is 20.8 Å². The second-order valence-corrected chi connectivity index (χ2v) is 5.73. The summed E-state index contributed by atoms with van der Waals surface area (Å²) in [5.41, 5.74) is 0.440. The minimum atomic E-state index is -0.928.